The Morgan fingerprint density at radius 3 is 2.93 bits per heavy atom. The molecule has 1 aliphatic heterocycles. The van der Waals surface area contributed by atoms with Crippen LogP contribution in [0.4, 0.5) is 5.13 Å². The van der Waals surface area contributed by atoms with E-state index in [1.54, 1.807) is 17.3 Å². The van der Waals surface area contributed by atoms with Crippen molar-refractivity contribution in [2.45, 2.75) is 51.6 Å². The Hall–Kier alpha value is -2.35. The van der Waals surface area contributed by atoms with Crippen molar-refractivity contribution < 1.29 is 9.59 Å². The second-order valence-electron chi connectivity index (χ2n) is 7.19. The Morgan fingerprint density at radius 2 is 2.22 bits per heavy atom. The van der Waals surface area contributed by atoms with Crippen LogP contribution in [0.15, 0.2) is 24.5 Å². The van der Waals surface area contributed by atoms with Gasteiger partial charge in [-0.05, 0) is 30.9 Å². The van der Waals surface area contributed by atoms with Gasteiger partial charge in [0.05, 0.1) is 5.92 Å². The van der Waals surface area contributed by atoms with E-state index >= 15 is 0 Å². The topological polar surface area (TPSA) is 79.3 Å². The van der Waals surface area contributed by atoms with Crippen LogP contribution in [0.5, 0.6) is 0 Å². The molecule has 1 saturated carbocycles. The van der Waals surface area contributed by atoms with Crippen LogP contribution in [0.1, 0.15) is 43.2 Å². The van der Waals surface area contributed by atoms with Gasteiger partial charge in [-0.15, -0.1) is 10.2 Å². The van der Waals surface area contributed by atoms with E-state index in [1.807, 2.05) is 17.0 Å². The predicted octanol–water partition coefficient (Wildman–Crippen LogP) is 2.43. The van der Waals surface area contributed by atoms with Gasteiger partial charge >= 0.3 is 0 Å². The lowest BCUT2D eigenvalue weighted by atomic mass is 10.1. The van der Waals surface area contributed by atoms with E-state index in [-0.39, 0.29) is 24.2 Å². The molecule has 7 nitrogen and oxygen atoms in total. The maximum Gasteiger partial charge on any atom is 0.229 e. The van der Waals surface area contributed by atoms with Crippen LogP contribution in [-0.2, 0) is 22.6 Å². The Kier molecular flexibility index (Phi) is 5.15. The van der Waals surface area contributed by atoms with Gasteiger partial charge in [-0.3, -0.25) is 19.5 Å². The van der Waals surface area contributed by atoms with Crippen molar-refractivity contribution >= 4 is 28.3 Å². The zero-order valence-electron chi connectivity index (χ0n) is 15.4. The average molecular weight is 385 g/mol. The van der Waals surface area contributed by atoms with Crippen LogP contribution >= 0.6 is 11.3 Å². The van der Waals surface area contributed by atoms with E-state index in [0.717, 1.165) is 36.3 Å². The fraction of sp³-hybridized carbons (Fsp3) is 0.526. The molecule has 1 atom stereocenters. The van der Waals surface area contributed by atoms with E-state index in [1.165, 1.54) is 11.3 Å². The molecule has 2 aromatic heterocycles. The Balaban J connectivity index is 1.45. The lowest BCUT2D eigenvalue weighted by molar-refractivity contribution is -0.137. The summed E-state index contributed by atoms with van der Waals surface area (Å²) in [7, 11) is 0. The van der Waals surface area contributed by atoms with E-state index in [4.69, 9.17) is 0 Å². The Bertz CT molecular complexity index is 821. The first-order valence-corrected chi connectivity index (χ1v) is 10.3. The van der Waals surface area contributed by atoms with E-state index in [2.05, 4.69) is 22.1 Å². The standard InChI is InChI=1S/C19H23N5O2S/c1-2-4-16-21-22-19(27-16)24-12-14(9-17(24)25)18(26)23(15-6-7-15)11-13-5-3-8-20-10-13/h3,5,8,10,14-15H,2,4,6-7,9,11-12H2,1H3. The number of anilines is 1. The predicted molar refractivity (Wildman–Crippen MR) is 102 cm³/mol. The van der Waals surface area contributed by atoms with Crippen LogP contribution in [0.25, 0.3) is 0 Å². The van der Waals surface area contributed by atoms with E-state index in [0.29, 0.717) is 24.3 Å². The Morgan fingerprint density at radius 1 is 1.37 bits per heavy atom. The van der Waals surface area contributed by atoms with Crippen molar-refractivity contribution in [2.24, 2.45) is 5.92 Å². The van der Waals surface area contributed by atoms with Crippen LogP contribution in [-0.4, -0.2) is 44.5 Å². The molecule has 8 heteroatoms. The molecule has 142 valence electrons. The van der Waals surface area contributed by atoms with Gasteiger partial charge < -0.3 is 4.90 Å². The molecule has 1 aliphatic carbocycles. The number of rotatable bonds is 7. The summed E-state index contributed by atoms with van der Waals surface area (Å²) in [5.41, 5.74) is 1.02. The summed E-state index contributed by atoms with van der Waals surface area (Å²) in [5, 5.41) is 9.87. The molecule has 27 heavy (non-hydrogen) atoms. The average Bonchev–Trinajstić information content (AvgIpc) is 3.29. The fourth-order valence-electron chi connectivity index (χ4n) is 3.42. The molecular formula is C19H23N5O2S. The summed E-state index contributed by atoms with van der Waals surface area (Å²) in [6.07, 6.45) is 7.70. The molecular weight excluding hydrogens is 362 g/mol. The molecule has 2 aliphatic rings. The second-order valence-corrected chi connectivity index (χ2v) is 8.23. The number of aryl methyl sites for hydroxylation is 1. The monoisotopic (exact) mass is 385 g/mol. The smallest absolute Gasteiger partial charge is 0.229 e. The van der Waals surface area contributed by atoms with Crippen molar-refractivity contribution in [1.29, 1.82) is 0 Å². The minimum absolute atomic E-state index is 0.0373. The van der Waals surface area contributed by atoms with Crippen molar-refractivity contribution in [3.8, 4) is 0 Å². The molecule has 2 fully saturated rings. The normalized spacial score (nSPS) is 19.5. The molecule has 0 spiro atoms. The van der Waals surface area contributed by atoms with Gasteiger partial charge in [0.15, 0.2) is 0 Å². The largest absolute Gasteiger partial charge is 0.335 e. The lowest BCUT2D eigenvalue weighted by Gasteiger charge is -2.25. The van der Waals surface area contributed by atoms with E-state index in [9.17, 15) is 9.59 Å². The maximum atomic E-state index is 13.2. The van der Waals surface area contributed by atoms with Crippen molar-refractivity contribution in [3.63, 3.8) is 0 Å². The summed E-state index contributed by atoms with van der Waals surface area (Å²) in [6, 6.07) is 4.16. The number of carbonyl (C=O) groups is 2. The molecule has 0 N–H and O–H groups in total. The summed E-state index contributed by atoms with van der Waals surface area (Å²) < 4.78 is 0. The lowest BCUT2D eigenvalue weighted by Crippen LogP contribution is -2.38. The number of pyridine rings is 1. The zero-order chi connectivity index (χ0) is 18.8. The summed E-state index contributed by atoms with van der Waals surface area (Å²) in [6.45, 7) is 3.04. The minimum Gasteiger partial charge on any atom is -0.335 e. The van der Waals surface area contributed by atoms with Crippen LogP contribution < -0.4 is 4.90 Å². The third kappa shape index (κ3) is 4.00. The number of hydrogen-bond acceptors (Lipinski definition) is 6. The van der Waals surface area contributed by atoms with Crippen molar-refractivity contribution in [3.05, 3.63) is 35.1 Å². The minimum atomic E-state index is -0.312. The number of carbonyl (C=O) groups excluding carboxylic acids is 2. The molecule has 4 rings (SSSR count). The molecule has 3 heterocycles. The molecule has 2 amide bonds. The number of nitrogens with zero attached hydrogens (tertiary/aromatic N) is 5. The number of aromatic nitrogens is 3. The first-order valence-electron chi connectivity index (χ1n) is 9.48. The van der Waals surface area contributed by atoms with Gasteiger partial charge in [0.2, 0.25) is 16.9 Å². The first kappa shape index (κ1) is 18.0. The van der Waals surface area contributed by atoms with Gasteiger partial charge in [-0.25, -0.2) is 0 Å². The van der Waals surface area contributed by atoms with Crippen LogP contribution in [0.3, 0.4) is 0 Å². The summed E-state index contributed by atoms with van der Waals surface area (Å²) in [5.74, 6) is -0.284. The highest BCUT2D eigenvalue weighted by atomic mass is 32.1. The highest BCUT2D eigenvalue weighted by molar-refractivity contribution is 7.15. The summed E-state index contributed by atoms with van der Waals surface area (Å²) >= 11 is 1.45. The molecule has 0 aromatic carbocycles. The third-order valence-electron chi connectivity index (χ3n) is 4.97. The quantitative estimate of drug-likeness (QED) is 0.731. The van der Waals surface area contributed by atoms with E-state index < -0.39 is 0 Å². The molecule has 0 radical (unpaired) electrons. The van der Waals surface area contributed by atoms with Gasteiger partial charge in [0, 0.05) is 44.4 Å². The van der Waals surface area contributed by atoms with Crippen LogP contribution in [0.2, 0.25) is 0 Å². The molecule has 0 bridgehead atoms. The van der Waals surface area contributed by atoms with Gasteiger partial charge in [-0.1, -0.05) is 24.3 Å². The highest BCUT2D eigenvalue weighted by Gasteiger charge is 2.42. The first-order chi connectivity index (χ1) is 13.2. The third-order valence-corrected chi connectivity index (χ3v) is 5.98. The molecule has 1 saturated heterocycles. The number of hydrogen-bond donors (Lipinski definition) is 0. The van der Waals surface area contributed by atoms with Gasteiger partial charge in [-0.2, -0.15) is 0 Å². The SMILES string of the molecule is CCCc1nnc(N2CC(C(=O)N(Cc3cccnc3)C3CC3)CC2=O)s1. The molecule has 1 unspecified atom stereocenters. The second kappa shape index (κ2) is 7.72. The maximum absolute atomic E-state index is 13.2. The summed E-state index contributed by atoms with van der Waals surface area (Å²) in [4.78, 5) is 33.4. The van der Waals surface area contributed by atoms with Crippen molar-refractivity contribution in [1.82, 2.24) is 20.1 Å². The number of amides is 2. The fourth-order valence-corrected chi connectivity index (χ4v) is 4.39. The van der Waals surface area contributed by atoms with Gasteiger partial charge in [0.25, 0.3) is 0 Å². The van der Waals surface area contributed by atoms with Crippen molar-refractivity contribution in [2.75, 3.05) is 11.4 Å². The Labute approximate surface area is 162 Å². The van der Waals surface area contributed by atoms with Gasteiger partial charge in [0.1, 0.15) is 5.01 Å². The van der Waals surface area contributed by atoms with Crippen LogP contribution in [0, 0.1) is 5.92 Å². The zero-order valence-corrected chi connectivity index (χ0v) is 16.2. The highest BCUT2D eigenvalue weighted by Crippen LogP contribution is 2.33. The molecule has 2 aromatic rings.